The van der Waals surface area contributed by atoms with Crippen LogP contribution in [0.25, 0.3) is 17.2 Å². The van der Waals surface area contributed by atoms with Gasteiger partial charge >= 0.3 is 0 Å². The summed E-state index contributed by atoms with van der Waals surface area (Å²) in [6, 6.07) is 25.2. The van der Waals surface area contributed by atoms with E-state index >= 15 is 0 Å². The number of hydrogen-bond acceptors (Lipinski definition) is 1. The lowest BCUT2D eigenvalue weighted by molar-refractivity contribution is 0.607. The second kappa shape index (κ2) is 21.7. The minimum Gasteiger partial charge on any atom is -0.253 e. The first-order valence-corrected chi connectivity index (χ1v) is 18.6. The van der Waals surface area contributed by atoms with Crippen LogP contribution in [0, 0.1) is 0 Å². The molecule has 0 aliphatic rings. The SMILES string of the molecule is CCCCCCCCc1cc(CCCC)cc(N=C(CC)C(C)=Cc2ccc(-c3ccccc3)c(CCCCCCCC)c2)c1. The van der Waals surface area contributed by atoms with Crippen molar-refractivity contribution in [3.8, 4) is 11.1 Å². The van der Waals surface area contributed by atoms with E-state index in [9.17, 15) is 0 Å². The Morgan fingerprint density at radius 2 is 1.16 bits per heavy atom. The summed E-state index contributed by atoms with van der Waals surface area (Å²) in [5.41, 5.74) is 12.0. The second-order valence-electron chi connectivity index (χ2n) is 13.2. The van der Waals surface area contributed by atoms with Crippen LogP contribution >= 0.6 is 0 Å². The van der Waals surface area contributed by atoms with Crippen LogP contribution in [0.2, 0.25) is 0 Å². The molecule has 3 rings (SSSR count). The minimum atomic E-state index is 0.932. The first-order chi connectivity index (χ1) is 22.1. The minimum absolute atomic E-state index is 0.932. The molecule has 0 spiro atoms. The number of unbranched alkanes of at least 4 members (excludes halogenated alkanes) is 11. The van der Waals surface area contributed by atoms with Crippen molar-refractivity contribution in [1.82, 2.24) is 0 Å². The van der Waals surface area contributed by atoms with Crippen molar-refractivity contribution in [2.45, 2.75) is 150 Å². The number of benzene rings is 3. The van der Waals surface area contributed by atoms with E-state index in [2.05, 4.69) is 107 Å². The summed E-state index contributed by atoms with van der Waals surface area (Å²) < 4.78 is 0. The van der Waals surface area contributed by atoms with Gasteiger partial charge in [-0.3, -0.25) is 4.99 Å². The van der Waals surface area contributed by atoms with E-state index in [0.717, 1.165) is 24.9 Å². The number of hydrogen-bond donors (Lipinski definition) is 0. The highest BCUT2D eigenvalue weighted by molar-refractivity contribution is 6.04. The van der Waals surface area contributed by atoms with Gasteiger partial charge in [0.05, 0.1) is 5.69 Å². The number of rotatable bonds is 22. The Morgan fingerprint density at radius 3 is 1.78 bits per heavy atom. The highest BCUT2D eigenvalue weighted by Gasteiger charge is 2.09. The standard InChI is InChI=1S/C44H63N/c1-6-10-13-15-17-20-25-38-32-37(24-12-8-3)34-42(35-38)45-44(9-4)36(5)31-39-29-30-43(40-26-22-19-23-27-40)41(33-39)28-21-18-16-14-11-7-2/h19,22-23,26-27,29-35H,6-18,20-21,24-25,28H2,1-5H3. The zero-order valence-electron chi connectivity index (χ0n) is 29.6. The Morgan fingerprint density at radius 1 is 0.578 bits per heavy atom. The van der Waals surface area contributed by atoms with E-state index < -0.39 is 0 Å². The molecule has 0 atom stereocenters. The zero-order valence-corrected chi connectivity index (χ0v) is 29.6. The number of allylic oxidation sites excluding steroid dienone is 1. The summed E-state index contributed by atoms with van der Waals surface area (Å²) in [4.78, 5) is 5.29. The summed E-state index contributed by atoms with van der Waals surface area (Å²) >= 11 is 0. The molecule has 0 amide bonds. The Hall–Kier alpha value is -2.93. The molecule has 0 aliphatic heterocycles. The van der Waals surface area contributed by atoms with Gasteiger partial charge in [-0.15, -0.1) is 0 Å². The van der Waals surface area contributed by atoms with Crippen LogP contribution in [0.4, 0.5) is 5.69 Å². The molecule has 0 saturated carbocycles. The Balaban J connectivity index is 1.82. The predicted molar refractivity (Wildman–Crippen MR) is 202 cm³/mol. The van der Waals surface area contributed by atoms with Crippen molar-refractivity contribution in [2.24, 2.45) is 4.99 Å². The van der Waals surface area contributed by atoms with Crippen LogP contribution in [0.1, 0.15) is 153 Å². The fourth-order valence-electron chi connectivity index (χ4n) is 6.43. The molecule has 0 saturated heterocycles. The highest BCUT2D eigenvalue weighted by Crippen LogP contribution is 2.28. The molecule has 1 nitrogen and oxygen atoms in total. The molecule has 3 aromatic carbocycles. The van der Waals surface area contributed by atoms with E-state index in [1.807, 2.05) is 0 Å². The van der Waals surface area contributed by atoms with Crippen LogP contribution in [-0.4, -0.2) is 5.71 Å². The largest absolute Gasteiger partial charge is 0.253 e. The Labute approximate surface area is 277 Å². The average molecular weight is 606 g/mol. The smallest absolute Gasteiger partial charge is 0.0638 e. The van der Waals surface area contributed by atoms with E-state index in [1.54, 1.807) is 0 Å². The molecule has 1 heteroatoms. The van der Waals surface area contributed by atoms with Crippen molar-refractivity contribution < 1.29 is 0 Å². The quantitative estimate of drug-likeness (QED) is 0.0798. The molecule has 0 unspecified atom stereocenters. The molecule has 0 bridgehead atoms. The molecule has 45 heavy (non-hydrogen) atoms. The summed E-state index contributed by atoms with van der Waals surface area (Å²) in [7, 11) is 0. The van der Waals surface area contributed by atoms with Crippen molar-refractivity contribution in [2.75, 3.05) is 0 Å². The average Bonchev–Trinajstić information content (AvgIpc) is 3.06. The summed E-state index contributed by atoms with van der Waals surface area (Å²) in [5, 5.41) is 0. The highest BCUT2D eigenvalue weighted by atomic mass is 14.7. The van der Waals surface area contributed by atoms with Gasteiger partial charge in [0.25, 0.3) is 0 Å². The van der Waals surface area contributed by atoms with Crippen LogP contribution < -0.4 is 0 Å². The number of aliphatic imine (C=N–C) groups is 1. The predicted octanol–water partition coefficient (Wildman–Crippen LogP) is 14.1. The third-order valence-corrected chi connectivity index (χ3v) is 9.13. The van der Waals surface area contributed by atoms with Crippen molar-refractivity contribution in [1.29, 1.82) is 0 Å². The molecule has 0 heterocycles. The Kier molecular flexibility index (Phi) is 17.7. The number of nitrogens with zero attached hydrogens (tertiary/aromatic N) is 1. The molecule has 244 valence electrons. The number of aryl methyl sites for hydroxylation is 3. The van der Waals surface area contributed by atoms with Gasteiger partial charge in [0.1, 0.15) is 0 Å². The molecular weight excluding hydrogens is 542 g/mol. The van der Waals surface area contributed by atoms with Crippen molar-refractivity contribution >= 4 is 17.5 Å². The third kappa shape index (κ3) is 13.5. The third-order valence-electron chi connectivity index (χ3n) is 9.13. The van der Waals surface area contributed by atoms with E-state index in [1.165, 1.54) is 141 Å². The molecule has 0 N–H and O–H groups in total. The van der Waals surface area contributed by atoms with Gasteiger partial charge in [-0.1, -0.05) is 159 Å². The zero-order chi connectivity index (χ0) is 32.1. The van der Waals surface area contributed by atoms with Gasteiger partial charge in [-0.25, -0.2) is 0 Å². The molecule has 0 aliphatic carbocycles. The first-order valence-electron chi connectivity index (χ1n) is 18.6. The Bertz CT molecular complexity index is 1300. The van der Waals surface area contributed by atoms with Crippen LogP contribution in [-0.2, 0) is 19.3 Å². The lowest BCUT2D eigenvalue weighted by Crippen LogP contribution is -1.99. The normalized spacial score (nSPS) is 12.2. The lowest BCUT2D eigenvalue weighted by Gasteiger charge is -2.13. The van der Waals surface area contributed by atoms with Crippen molar-refractivity contribution in [3.63, 3.8) is 0 Å². The van der Waals surface area contributed by atoms with Gasteiger partial charge < -0.3 is 0 Å². The van der Waals surface area contributed by atoms with Gasteiger partial charge in [-0.2, -0.15) is 0 Å². The fourth-order valence-corrected chi connectivity index (χ4v) is 6.43. The van der Waals surface area contributed by atoms with Gasteiger partial charge in [0, 0.05) is 5.71 Å². The van der Waals surface area contributed by atoms with Gasteiger partial charge in [0.15, 0.2) is 0 Å². The van der Waals surface area contributed by atoms with E-state index in [0.29, 0.717) is 0 Å². The maximum absolute atomic E-state index is 5.29. The second-order valence-corrected chi connectivity index (χ2v) is 13.2. The molecule has 3 aromatic rings. The van der Waals surface area contributed by atoms with Crippen molar-refractivity contribution in [3.05, 3.63) is 94.6 Å². The van der Waals surface area contributed by atoms with Gasteiger partial charge in [-0.05, 0) is 103 Å². The summed E-state index contributed by atoms with van der Waals surface area (Å²) in [6.07, 6.45) is 25.2. The molecule has 0 aromatic heterocycles. The van der Waals surface area contributed by atoms with E-state index in [-0.39, 0.29) is 0 Å². The monoisotopic (exact) mass is 605 g/mol. The maximum atomic E-state index is 5.29. The van der Waals surface area contributed by atoms with Gasteiger partial charge in [0.2, 0.25) is 0 Å². The van der Waals surface area contributed by atoms with Crippen LogP contribution in [0.5, 0.6) is 0 Å². The summed E-state index contributed by atoms with van der Waals surface area (Å²) in [5.74, 6) is 0. The van der Waals surface area contributed by atoms with Crippen LogP contribution in [0.3, 0.4) is 0 Å². The topological polar surface area (TPSA) is 12.4 Å². The molecule has 0 radical (unpaired) electrons. The molecule has 0 fully saturated rings. The van der Waals surface area contributed by atoms with Crippen LogP contribution in [0.15, 0.2) is 77.3 Å². The first kappa shape index (κ1) is 36.5. The molecular formula is C44H63N. The fraction of sp³-hybridized carbons (Fsp3) is 0.523. The van der Waals surface area contributed by atoms with E-state index in [4.69, 9.17) is 4.99 Å². The lowest BCUT2D eigenvalue weighted by atomic mass is 9.93. The maximum Gasteiger partial charge on any atom is 0.0638 e. The summed E-state index contributed by atoms with van der Waals surface area (Å²) in [6.45, 7) is 11.4.